The van der Waals surface area contributed by atoms with Crippen LogP contribution in [-0.4, -0.2) is 44.2 Å². The third-order valence-electron chi connectivity index (χ3n) is 5.70. The molecule has 0 spiro atoms. The summed E-state index contributed by atoms with van der Waals surface area (Å²) in [4.78, 5) is 16.8. The van der Waals surface area contributed by atoms with Crippen LogP contribution in [0.1, 0.15) is 29.2 Å². The maximum Gasteiger partial charge on any atom is 0.410 e. The van der Waals surface area contributed by atoms with Gasteiger partial charge in [0.25, 0.3) is 0 Å². The van der Waals surface area contributed by atoms with Crippen LogP contribution in [0.15, 0.2) is 36.4 Å². The van der Waals surface area contributed by atoms with E-state index in [9.17, 15) is 4.79 Å². The second-order valence-corrected chi connectivity index (χ2v) is 8.49. The van der Waals surface area contributed by atoms with E-state index >= 15 is 0 Å². The molecule has 4 rings (SSSR count). The zero-order chi connectivity index (χ0) is 20.4. The lowest BCUT2D eigenvalue weighted by atomic mass is 10.1. The van der Waals surface area contributed by atoms with Gasteiger partial charge in [0.15, 0.2) is 0 Å². The van der Waals surface area contributed by atoms with E-state index < -0.39 is 0 Å². The molecule has 0 aromatic heterocycles. The molecule has 154 valence electrons. The lowest BCUT2D eigenvalue weighted by Gasteiger charge is -2.31. The number of hydrogen-bond acceptors (Lipinski definition) is 4. The number of benzene rings is 2. The van der Waals surface area contributed by atoms with E-state index in [1.165, 1.54) is 16.8 Å². The van der Waals surface area contributed by atoms with Gasteiger partial charge in [-0.3, -0.25) is 0 Å². The van der Waals surface area contributed by atoms with Gasteiger partial charge < -0.3 is 19.9 Å². The molecule has 7 heteroatoms. The number of nitrogens with zero attached hydrogens (tertiary/aromatic N) is 2. The maximum atomic E-state index is 12.7. The minimum absolute atomic E-state index is 0.0308. The van der Waals surface area contributed by atoms with E-state index in [1.807, 2.05) is 7.05 Å². The highest BCUT2D eigenvalue weighted by Crippen LogP contribution is 2.37. The maximum absolute atomic E-state index is 12.7. The SMILES string of the molecule is CN(C(=O)OCc1cc(Cl)cc(Cl)c1)C1CCc2ccc(N3CCNCC3)cc21. The third kappa shape index (κ3) is 4.63. The lowest BCUT2D eigenvalue weighted by molar-refractivity contribution is 0.0909. The Morgan fingerprint density at radius 2 is 1.90 bits per heavy atom. The molecule has 1 saturated heterocycles. The van der Waals surface area contributed by atoms with Gasteiger partial charge in [-0.1, -0.05) is 29.3 Å². The van der Waals surface area contributed by atoms with Crippen molar-refractivity contribution < 1.29 is 9.53 Å². The summed E-state index contributed by atoms with van der Waals surface area (Å²) < 4.78 is 5.52. The van der Waals surface area contributed by atoms with E-state index in [2.05, 4.69) is 28.4 Å². The summed E-state index contributed by atoms with van der Waals surface area (Å²) in [5.41, 5.74) is 4.55. The number of anilines is 1. The molecule has 1 N–H and O–H groups in total. The quantitative estimate of drug-likeness (QED) is 0.761. The van der Waals surface area contributed by atoms with Crippen LogP contribution in [0, 0.1) is 0 Å². The van der Waals surface area contributed by atoms with Gasteiger partial charge in [-0.05, 0) is 59.9 Å². The van der Waals surface area contributed by atoms with Crippen LogP contribution in [0.4, 0.5) is 10.5 Å². The molecule has 1 heterocycles. The number of fused-ring (bicyclic) bond motifs is 1. The van der Waals surface area contributed by atoms with Crippen LogP contribution in [-0.2, 0) is 17.8 Å². The van der Waals surface area contributed by atoms with Crippen LogP contribution < -0.4 is 10.2 Å². The van der Waals surface area contributed by atoms with Gasteiger partial charge in [-0.2, -0.15) is 0 Å². The largest absolute Gasteiger partial charge is 0.445 e. The Morgan fingerprint density at radius 3 is 2.62 bits per heavy atom. The number of aryl methyl sites for hydroxylation is 1. The van der Waals surface area contributed by atoms with Crippen molar-refractivity contribution in [3.8, 4) is 0 Å². The first-order chi connectivity index (χ1) is 14.0. The fraction of sp³-hybridized carbons (Fsp3) is 0.409. The van der Waals surface area contributed by atoms with Crippen molar-refractivity contribution in [3.63, 3.8) is 0 Å². The smallest absolute Gasteiger partial charge is 0.410 e. The molecule has 1 aliphatic carbocycles. The first kappa shape index (κ1) is 20.3. The summed E-state index contributed by atoms with van der Waals surface area (Å²) in [7, 11) is 1.81. The Morgan fingerprint density at radius 1 is 1.17 bits per heavy atom. The zero-order valence-electron chi connectivity index (χ0n) is 16.5. The Balaban J connectivity index is 1.44. The van der Waals surface area contributed by atoms with Crippen LogP contribution in [0.5, 0.6) is 0 Å². The number of hydrogen-bond donors (Lipinski definition) is 1. The minimum atomic E-state index is -0.341. The summed E-state index contributed by atoms with van der Waals surface area (Å²) in [6, 6.07) is 11.9. The molecule has 1 unspecified atom stereocenters. The predicted molar refractivity (Wildman–Crippen MR) is 117 cm³/mol. The monoisotopic (exact) mass is 433 g/mol. The summed E-state index contributed by atoms with van der Waals surface area (Å²) in [5, 5.41) is 4.44. The number of halogens is 2. The van der Waals surface area contributed by atoms with Gasteiger partial charge in [0, 0.05) is 49.0 Å². The highest BCUT2D eigenvalue weighted by Gasteiger charge is 2.30. The third-order valence-corrected chi connectivity index (χ3v) is 6.13. The number of piperazine rings is 1. The molecule has 1 aliphatic heterocycles. The molecule has 29 heavy (non-hydrogen) atoms. The summed E-state index contributed by atoms with van der Waals surface area (Å²) in [5.74, 6) is 0. The molecule has 0 bridgehead atoms. The normalized spacial score (nSPS) is 18.4. The van der Waals surface area contributed by atoms with Gasteiger partial charge in [-0.25, -0.2) is 4.79 Å². The van der Waals surface area contributed by atoms with E-state index in [0.717, 1.165) is 44.6 Å². The Labute approximate surface area is 181 Å². The molecule has 2 aromatic rings. The molecule has 0 saturated carbocycles. The molecular formula is C22H25Cl2N3O2. The standard InChI is InChI=1S/C22H25Cl2N3O2/c1-26(22(28)29-14-15-10-17(23)12-18(24)11-15)21-5-3-16-2-4-19(13-20(16)21)27-8-6-25-7-9-27/h2,4,10-13,21,25H,3,5-9,14H2,1H3. The summed E-state index contributed by atoms with van der Waals surface area (Å²) in [6.45, 7) is 4.15. The summed E-state index contributed by atoms with van der Waals surface area (Å²) in [6.07, 6.45) is 1.55. The van der Waals surface area contributed by atoms with E-state index in [4.69, 9.17) is 27.9 Å². The molecule has 5 nitrogen and oxygen atoms in total. The number of ether oxygens (including phenoxy) is 1. The number of carbonyl (C=O) groups is 1. The van der Waals surface area contributed by atoms with Gasteiger partial charge in [-0.15, -0.1) is 0 Å². The van der Waals surface area contributed by atoms with E-state index in [1.54, 1.807) is 23.1 Å². The van der Waals surface area contributed by atoms with Crippen molar-refractivity contribution >= 4 is 35.0 Å². The minimum Gasteiger partial charge on any atom is -0.445 e. The van der Waals surface area contributed by atoms with Crippen LogP contribution in [0.3, 0.4) is 0 Å². The molecule has 0 radical (unpaired) electrons. The Bertz CT molecular complexity index is 879. The number of nitrogens with one attached hydrogen (secondary N) is 1. The molecule has 2 aromatic carbocycles. The van der Waals surface area contributed by atoms with Gasteiger partial charge >= 0.3 is 6.09 Å². The number of carbonyl (C=O) groups excluding carboxylic acids is 1. The molecule has 1 amide bonds. The highest BCUT2D eigenvalue weighted by atomic mass is 35.5. The van der Waals surface area contributed by atoms with Crippen LogP contribution in [0.25, 0.3) is 0 Å². The number of amides is 1. The van der Waals surface area contributed by atoms with Gasteiger partial charge in [0.2, 0.25) is 0 Å². The van der Waals surface area contributed by atoms with Crippen molar-refractivity contribution in [1.29, 1.82) is 0 Å². The summed E-state index contributed by atoms with van der Waals surface area (Å²) >= 11 is 12.0. The van der Waals surface area contributed by atoms with Crippen molar-refractivity contribution in [1.82, 2.24) is 10.2 Å². The average Bonchev–Trinajstić information content (AvgIpc) is 3.14. The van der Waals surface area contributed by atoms with Crippen molar-refractivity contribution in [2.24, 2.45) is 0 Å². The lowest BCUT2D eigenvalue weighted by Crippen LogP contribution is -2.43. The van der Waals surface area contributed by atoms with Gasteiger partial charge in [0.1, 0.15) is 6.61 Å². The topological polar surface area (TPSA) is 44.8 Å². The number of rotatable bonds is 4. The van der Waals surface area contributed by atoms with Gasteiger partial charge in [0.05, 0.1) is 6.04 Å². The fourth-order valence-corrected chi connectivity index (χ4v) is 4.73. The highest BCUT2D eigenvalue weighted by molar-refractivity contribution is 6.34. The van der Waals surface area contributed by atoms with Crippen molar-refractivity contribution in [3.05, 3.63) is 63.1 Å². The predicted octanol–water partition coefficient (Wildman–Crippen LogP) is 4.66. The first-order valence-corrected chi connectivity index (χ1v) is 10.7. The van der Waals surface area contributed by atoms with E-state index in [-0.39, 0.29) is 18.7 Å². The molecular weight excluding hydrogens is 409 g/mol. The van der Waals surface area contributed by atoms with Crippen molar-refractivity contribution in [2.45, 2.75) is 25.5 Å². The first-order valence-electron chi connectivity index (χ1n) is 9.94. The molecule has 2 aliphatic rings. The fourth-order valence-electron chi connectivity index (χ4n) is 4.16. The molecule has 1 atom stereocenters. The Kier molecular flexibility index (Phi) is 6.18. The average molecular weight is 434 g/mol. The van der Waals surface area contributed by atoms with Crippen LogP contribution in [0.2, 0.25) is 10.0 Å². The zero-order valence-corrected chi connectivity index (χ0v) is 18.0. The van der Waals surface area contributed by atoms with Crippen molar-refractivity contribution in [2.75, 3.05) is 38.1 Å². The molecule has 1 fully saturated rings. The second kappa shape index (κ2) is 8.82. The van der Waals surface area contributed by atoms with E-state index in [0.29, 0.717) is 10.0 Å². The Hall–Kier alpha value is -1.95. The van der Waals surface area contributed by atoms with Crippen LogP contribution >= 0.6 is 23.2 Å². The second-order valence-electron chi connectivity index (χ2n) is 7.62.